The Kier molecular flexibility index (Phi) is 7.41. The van der Waals surface area contributed by atoms with Gasteiger partial charge in [-0.05, 0) is 56.0 Å². The Morgan fingerprint density at radius 1 is 1.07 bits per heavy atom. The number of ether oxygens (including phenoxy) is 1. The maximum absolute atomic E-state index is 12.2. The van der Waals surface area contributed by atoms with Gasteiger partial charge in [0.2, 0.25) is 0 Å². The molecule has 0 bridgehead atoms. The second-order valence-corrected chi connectivity index (χ2v) is 6.77. The minimum Gasteiger partial charge on any atom is -0.483 e. The Labute approximate surface area is 161 Å². The maximum atomic E-state index is 12.2. The number of amides is 2. The number of benzene rings is 2. The zero-order chi connectivity index (χ0) is 19.8. The normalized spacial score (nSPS) is 11.6. The van der Waals surface area contributed by atoms with Crippen LogP contribution in [0.3, 0.4) is 0 Å². The second kappa shape index (κ2) is 9.76. The first-order chi connectivity index (χ1) is 12.9. The average Bonchev–Trinajstić information content (AvgIpc) is 2.66. The second-order valence-electron chi connectivity index (χ2n) is 6.77. The number of hydrogen-bond donors (Lipinski definition) is 2. The van der Waals surface area contributed by atoms with Crippen molar-refractivity contribution in [1.82, 2.24) is 10.6 Å². The predicted octanol–water partition coefficient (Wildman–Crippen LogP) is 3.53. The Bertz CT molecular complexity index is 782. The number of nitrogens with one attached hydrogen (secondary N) is 2. The van der Waals surface area contributed by atoms with Crippen LogP contribution in [-0.2, 0) is 11.3 Å². The summed E-state index contributed by atoms with van der Waals surface area (Å²) >= 11 is 0. The van der Waals surface area contributed by atoms with E-state index in [9.17, 15) is 9.59 Å². The zero-order valence-corrected chi connectivity index (χ0v) is 16.5. The molecule has 0 saturated heterocycles. The molecule has 0 aliphatic heterocycles. The molecule has 1 unspecified atom stereocenters. The summed E-state index contributed by atoms with van der Waals surface area (Å²) in [4.78, 5) is 24.3. The molecule has 5 heteroatoms. The molecule has 0 heterocycles. The van der Waals surface area contributed by atoms with E-state index in [4.69, 9.17) is 4.74 Å². The number of para-hydroxylation sites is 1. The van der Waals surface area contributed by atoms with Crippen molar-refractivity contribution in [2.24, 2.45) is 0 Å². The quantitative estimate of drug-likeness (QED) is 0.749. The summed E-state index contributed by atoms with van der Waals surface area (Å²) in [5, 5.41) is 5.77. The van der Waals surface area contributed by atoms with E-state index in [2.05, 4.69) is 10.6 Å². The number of carbonyl (C=O) groups is 2. The van der Waals surface area contributed by atoms with Gasteiger partial charge in [0.1, 0.15) is 5.75 Å². The van der Waals surface area contributed by atoms with Crippen molar-refractivity contribution < 1.29 is 14.3 Å². The average molecular weight is 368 g/mol. The van der Waals surface area contributed by atoms with Crippen molar-refractivity contribution in [2.45, 2.75) is 46.7 Å². The van der Waals surface area contributed by atoms with Crippen molar-refractivity contribution in [3.8, 4) is 5.75 Å². The first-order valence-corrected chi connectivity index (χ1v) is 9.26. The number of hydrogen-bond acceptors (Lipinski definition) is 3. The van der Waals surface area contributed by atoms with E-state index < -0.39 is 0 Å². The molecule has 2 rings (SSSR count). The van der Waals surface area contributed by atoms with Gasteiger partial charge in [-0.15, -0.1) is 0 Å². The number of rotatable bonds is 8. The van der Waals surface area contributed by atoms with Crippen LogP contribution in [0.1, 0.15) is 47.3 Å². The minimum absolute atomic E-state index is 0.0418. The summed E-state index contributed by atoms with van der Waals surface area (Å²) in [5.41, 5.74) is 3.46. The Morgan fingerprint density at radius 2 is 1.74 bits per heavy atom. The Hall–Kier alpha value is -2.82. The highest BCUT2D eigenvalue weighted by Crippen LogP contribution is 2.22. The van der Waals surface area contributed by atoms with E-state index in [1.54, 1.807) is 12.1 Å². The van der Waals surface area contributed by atoms with Crippen LogP contribution >= 0.6 is 0 Å². The van der Waals surface area contributed by atoms with Gasteiger partial charge in [0.15, 0.2) is 6.61 Å². The summed E-state index contributed by atoms with van der Waals surface area (Å²) in [6, 6.07) is 13.3. The van der Waals surface area contributed by atoms with Crippen LogP contribution in [0, 0.1) is 13.8 Å². The molecule has 0 aliphatic carbocycles. The SMILES string of the molecule is CCC(C)NC(=O)c1cccc(CNC(=O)COc2c(C)cccc2C)c1. The molecule has 144 valence electrons. The van der Waals surface area contributed by atoms with Gasteiger partial charge in [-0.25, -0.2) is 0 Å². The molecular weight excluding hydrogens is 340 g/mol. The van der Waals surface area contributed by atoms with E-state index in [0.29, 0.717) is 12.1 Å². The summed E-state index contributed by atoms with van der Waals surface area (Å²) in [7, 11) is 0. The molecule has 5 nitrogen and oxygen atoms in total. The summed E-state index contributed by atoms with van der Waals surface area (Å²) < 4.78 is 5.66. The lowest BCUT2D eigenvalue weighted by atomic mass is 10.1. The van der Waals surface area contributed by atoms with Crippen molar-refractivity contribution in [2.75, 3.05) is 6.61 Å². The molecule has 0 saturated carbocycles. The third kappa shape index (κ3) is 6.13. The zero-order valence-electron chi connectivity index (χ0n) is 16.5. The Balaban J connectivity index is 1.88. The van der Waals surface area contributed by atoms with Crippen LogP contribution < -0.4 is 15.4 Å². The minimum atomic E-state index is -0.202. The van der Waals surface area contributed by atoms with Crippen molar-refractivity contribution in [3.63, 3.8) is 0 Å². The predicted molar refractivity (Wildman–Crippen MR) is 107 cm³/mol. The molecule has 2 aromatic rings. The molecule has 27 heavy (non-hydrogen) atoms. The van der Waals surface area contributed by atoms with Crippen LogP contribution in [0.5, 0.6) is 5.75 Å². The molecule has 2 aromatic carbocycles. The van der Waals surface area contributed by atoms with Crippen LogP contribution in [0.2, 0.25) is 0 Å². The van der Waals surface area contributed by atoms with E-state index in [0.717, 1.165) is 28.9 Å². The molecule has 2 N–H and O–H groups in total. The van der Waals surface area contributed by atoms with Gasteiger partial charge in [0, 0.05) is 18.2 Å². The van der Waals surface area contributed by atoms with Crippen molar-refractivity contribution in [1.29, 1.82) is 0 Å². The molecule has 0 aliphatic rings. The third-order valence-electron chi connectivity index (χ3n) is 4.43. The molecule has 0 radical (unpaired) electrons. The van der Waals surface area contributed by atoms with Gasteiger partial charge < -0.3 is 15.4 Å². The van der Waals surface area contributed by atoms with E-state index in [1.807, 2.05) is 58.0 Å². The van der Waals surface area contributed by atoms with Gasteiger partial charge in [0.25, 0.3) is 11.8 Å². The summed E-state index contributed by atoms with van der Waals surface area (Å²) in [6.07, 6.45) is 0.877. The fourth-order valence-corrected chi connectivity index (χ4v) is 2.65. The monoisotopic (exact) mass is 368 g/mol. The van der Waals surface area contributed by atoms with E-state index in [1.165, 1.54) is 0 Å². The van der Waals surface area contributed by atoms with Crippen molar-refractivity contribution in [3.05, 3.63) is 64.7 Å². The molecule has 2 amide bonds. The lowest BCUT2D eigenvalue weighted by Crippen LogP contribution is -2.32. The largest absolute Gasteiger partial charge is 0.483 e. The molecule has 0 fully saturated rings. The molecule has 0 aromatic heterocycles. The lowest BCUT2D eigenvalue weighted by Gasteiger charge is -2.13. The summed E-state index contributed by atoms with van der Waals surface area (Å²) in [5.74, 6) is 0.444. The maximum Gasteiger partial charge on any atom is 0.258 e. The first kappa shape index (κ1) is 20.5. The van der Waals surface area contributed by atoms with E-state index >= 15 is 0 Å². The van der Waals surface area contributed by atoms with Crippen molar-refractivity contribution >= 4 is 11.8 Å². The number of carbonyl (C=O) groups excluding carboxylic acids is 2. The molecular formula is C22H28N2O3. The fourth-order valence-electron chi connectivity index (χ4n) is 2.65. The Morgan fingerprint density at radius 3 is 2.41 bits per heavy atom. The highest BCUT2D eigenvalue weighted by atomic mass is 16.5. The topological polar surface area (TPSA) is 67.4 Å². The fraction of sp³-hybridized carbons (Fsp3) is 0.364. The van der Waals surface area contributed by atoms with E-state index in [-0.39, 0.29) is 24.5 Å². The van der Waals surface area contributed by atoms with Gasteiger partial charge >= 0.3 is 0 Å². The third-order valence-corrected chi connectivity index (χ3v) is 4.43. The number of aryl methyl sites for hydroxylation is 2. The van der Waals surface area contributed by atoms with Crippen LogP contribution in [0.15, 0.2) is 42.5 Å². The lowest BCUT2D eigenvalue weighted by molar-refractivity contribution is -0.123. The standard InChI is InChI=1S/C22H28N2O3/c1-5-17(4)24-22(26)19-11-7-10-18(12-19)13-23-20(25)14-27-21-15(2)8-6-9-16(21)3/h6-12,17H,5,13-14H2,1-4H3,(H,23,25)(H,24,26). The van der Waals surface area contributed by atoms with Crippen LogP contribution in [0.4, 0.5) is 0 Å². The van der Waals surface area contributed by atoms with Gasteiger partial charge in [-0.2, -0.15) is 0 Å². The van der Waals surface area contributed by atoms with Crippen LogP contribution in [0.25, 0.3) is 0 Å². The summed E-state index contributed by atoms with van der Waals surface area (Å²) in [6.45, 7) is 8.21. The first-order valence-electron chi connectivity index (χ1n) is 9.26. The van der Waals surface area contributed by atoms with Gasteiger partial charge in [-0.1, -0.05) is 37.3 Å². The smallest absolute Gasteiger partial charge is 0.258 e. The molecule has 1 atom stereocenters. The van der Waals surface area contributed by atoms with Gasteiger partial charge in [-0.3, -0.25) is 9.59 Å². The van der Waals surface area contributed by atoms with Crippen LogP contribution in [-0.4, -0.2) is 24.5 Å². The van der Waals surface area contributed by atoms with Gasteiger partial charge in [0.05, 0.1) is 0 Å². The highest BCUT2D eigenvalue weighted by Gasteiger charge is 2.10. The highest BCUT2D eigenvalue weighted by molar-refractivity contribution is 5.94. The molecule has 0 spiro atoms.